The molecule has 0 aliphatic carbocycles. The van der Waals surface area contributed by atoms with E-state index in [0.717, 1.165) is 23.3 Å². The number of halogens is 1. The van der Waals surface area contributed by atoms with Gasteiger partial charge in [0, 0.05) is 13.1 Å². The predicted octanol–water partition coefficient (Wildman–Crippen LogP) is 4.12. The maximum Gasteiger partial charge on any atom is 0.322 e. The van der Waals surface area contributed by atoms with Crippen molar-refractivity contribution in [2.75, 3.05) is 18.5 Å². The molecular weight excluding hydrogens is 307 g/mol. The second-order valence-corrected chi connectivity index (χ2v) is 5.95. The van der Waals surface area contributed by atoms with Gasteiger partial charge in [0.25, 0.3) is 0 Å². The van der Waals surface area contributed by atoms with Crippen molar-refractivity contribution >= 4 is 11.7 Å². The van der Waals surface area contributed by atoms with Crippen molar-refractivity contribution in [1.29, 1.82) is 0 Å². The molecule has 0 spiro atoms. The molecule has 1 N–H and O–H groups in total. The number of aryl methyl sites for hydroxylation is 1. The summed E-state index contributed by atoms with van der Waals surface area (Å²) in [7, 11) is 0. The Labute approximate surface area is 141 Å². The second-order valence-electron chi connectivity index (χ2n) is 5.95. The normalized spacial score (nSPS) is 13.4. The Bertz CT molecular complexity index is 761. The third kappa shape index (κ3) is 3.50. The molecule has 0 aromatic heterocycles. The zero-order chi connectivity index (χ0) is 17.1. The summed E-state index contributed by atoms with van der Waals surface area (Å²) < 4.78 is 19.4. The number of ether oxygens (including phenoxy) is 1. The molecule has 5 heteroatoms. The van der Waals surface area contributed by atoms with Crippen LogP contribution in [0.25, 0.3) is 0 Å². The quantitative estimate of drug-likeness (QED) is 0.921. The Morgan fingerprint density at radius 3 is 2.83 bits per heavy atom. The van der Waals surface area contributed by atoms with Crippen LogP contribution in [0.5, 0.6) is 5.75 Å². The lowest BCUT2D eigenvalue weighted by Gasteiger charge is -2.29. The van der Waals surface area contributed by atoms with Crippen molar-refractivity contribution in [1.82, 2.24) is 4.90 Å². The van der Waals surface area contributed by atoms with Crippen molar-refractivity contribution in [3.8, 4) is 5.75 Å². The highest BCUT2D eigenvalue weighted by Crippen LogP contribution is 2.25. The number of anilines is 1. The summed E-state index contributed by atoms with van der Waals surface area (Å²) in [6, 6.07) is 10.5. The number of hydrogen-bond acceptors (Lipinski definition) is 2. The molecule has 0 unspecified atom stereocenters. The van der Waals surface area contributed by atoms with Gasteiger partial charge in [0.15, 0.2) is 0 Å². The van der Waals surface area contributed by atoms with E-state index >= 15 is 0 Å². The fourth-order valence-electron chi connectivity index (χ4n) is 2.88. The molecule has 24 heavy (non-hydrogen) atoms. The number of amides is 2. The number of benzene rings is 2. The summed E-state index contributed by atoms with van der Waals surface area (Å²) in [6.45, 7) is 5.47. The SMILES string of the molecule is CCOc1ccc2c(c1)CN(C(=O)Nc1ccc(C)cc1F)CC2. The van der Waals surface area contributed by atoms with E-state index in [9.17, 15) is 9.18 Å². The van der Waals surface area contributed by atoms with Crippen LogP contribution in [0.1, 0.15) is 23.6 Å². The smallest absolute Gasteiger partial charge is 0.322 e. The van der Waals surface area contributed by atoms with Gasteiger partial charge in [-0.15, -0.1) is 0 Å². The van der Waals surface area contributed by atoms with E-state index in [2.05, 4.69) is 11.4 Å². The molecule has 0 saturated heterocycles. The molecule has 4 nitrogen and oxygen atoms in total. The average molecular weight is 328 g/mol. The van der Waals surface area contributed by atoms with Crippen LogP contribution >= 0.6 is 0 Å². The molecule has 1 aliphatic heterocycles. The highest BCUT2D eigenvalue weighted by molar-refractivity contribution is 5.89. The van der Waals surface area contributed by atoms with Crippen molar-refractivity contribution in [3.05, 3.63) is 58.9 Å². The van der Waals surface area contributed by atoms with Crippen molar-refractivity contribution in [2.45, 2.75) is 26.8 Å². The fourth-order valence-corrected chi connectivity index (χ4v) is 2.88. The highest BCUT2D eigenvalue weighted by atomic mass is 19.1. The molecule has 2 aromatic carbocycles. The molecule has 0 radical (unpaired) electrons. The molecule has 0 saturated carbocycles. The molecule has 126 valence electrons. The van der Waals surface area contributed by atoms with E-state index < -0.39 is 5.82 Å². The summed E-state index contributed by atoms with van der Waals surface area (Å²) in [6.07, 6.45) is 0.783. The minimum atomic E-state index is -0.417. The predicted molar refractivity (Wildman–Crippen MR) is 91.9 cm³/mol. The molecule has 0 atom stereocenters. The standard InChI is InChI=1S/C19H21FN2O2/c1-3-24-16-6-5-14-8-9-22(12-15(14)11-16)19(23)21-18-7-4-13(2)10-17(18)20/h4-7,10-11H,3,8-9,12H2,1-2H3,(H,21,23). The highest BCUT2D eigenvalue weighted by Gasteiger charge is 2.22. The van der Waals surface area contributed by atoms with Crippen LogP contribution in [0, 0.1) is 12.7 Å². The number of carbonyl (C=O) groups excluding carboxylic acids is 1. The lowest BCUT2D eigenvalue weighted by atomic mass is 10.00. The first-order valence-corrected chi connectivity index (χ1v) is 8.13. The lowest BCUT2D eigenvalue weighted by molar-refractivity contribution is 0.206. The van der Waals surface area contributed by atoms with E-state index in [1.165, 1.54) is 11.6 Å². The third-order valence-corrected chi connectivity index (χ3v) is 4.15. The van der Waals surface area contributed by atoms with Gasteiger partial charge in [-0.3, -0.25) is 0 Å². The van der Waals surface area contributed by atoms with Crippen molar-refractivity contribution in [3.63, 3.8) is 0 Å². The molecule has 1 heterocycles. The maximum absolute atomic E-state index is 13.9. The summed E-state index contributed by atoms with van der Waals surface area (Å²) in [5.74, 6) is 0.391. The molecule has 2 amide bonds. The number of rotatable bonds is 3. The molecule has 3 rings (SSSR count). The van der Waals surface area contributed by atoms with Crippen LogP contribution in [0.3, 0.4) is 0 Å². The van der Waals surface area contributed by atoms with Gasteiger partial charge in [-0.1, -0.05) is 12.1 Å². The number of nitrogens with one attached hydrogen (secondary N) is 1. The minimum absolute atomic E-state index is 0.208. The first kappa shape index (κ1) is 16.3. The molecule has 0 fully saturated rings. The zero-order valence-corrected chi connectivity index (χ0v) is 13.9. The van der Waals surface area contributed by atoms with Gasteiger partial charge in [-0.05, 0) is 61.2 Å². The van der Waals surface area contributed by atoms with Gasteiger partial charge in [-0.25, -0.2) is 9.18 Å². The van der Waals surface area contributed by atoms with Crippen molar-refractivity contribution < 1.29 is 13.9 Å². The number of carbonyl (C=O) groups is 1. The Morgan fingerprint density at radius 1 is 1.25 bits per heavy atom. The van der Waals surface area contributed by atoms with Gasteiger partial charge >= 0.3 is 6.03 Å². The van der Waals surface area contributed by atoms with E-state index in [1.54, 1.807) is 17.0 Å². The molecule has 1 aliphatic rings. The van der Waals surface area contributed by atoms with E-state index in [0.29, 0.717) is 19.7 Å². The third-order valence-electron chi connectivity index (χ3n) is 4.15. The number of nitrogens with zero attached hydrogens (tertiary/aromatic N) is 1. The number of fused-ring (bicyclic) bond motifs is 1. The number of hydrogen-bond donors (Lipinski definition) is 1. The Kier molecular flexibility index (Phi) is 4.69. The van der Waals surface area contributed by atoms with Gasteiger partial charge < -0.3 is 15.0 Å². The zero-order valence-electron chi connectivity index (χ0n) is 13.9. The summed E-state index contributed by atoms with van der Waals surface area (Å²) in [5.41, 5.74) is 3.33. The van der Waals surface area contributed by atoms with E-state index in [1.807, 2.05) is 26.0 Å². The fraction of sp³-hybridized carbons (Fsp3) is 0.316. The van der Waals surface area contributed by atoms with Crippen LogP contribution in [-0.2, 0) is 13.0 Å². The largest absolute Gasteiger partial charge is 0.494 e. The maximum atomic E-state index is 13.9. The molecule has 0 bridgehead atoms. The summed E-state index contributed by atoms with van der Waals surface area (Å²) >= 11 is 0. The summed E-state index contributed by atoms with van der Waals surface area (Å²) in [4.78, 5) is 14.1. The summed E-state index contributed by atoms with van der Waals surface area (Å²) in [5, 5.41) is 2.66. The van der Waals surface area contributed by atoms with Crippen LogP contribution in [0.4, 0.5) is 14.9 Å². The first-order valence-electron chi connectivity index (χ1n) is 8.13. The first-order chi connectivity index (χ1) is 11.6. The van der Waals surface area contributed by atoms with Crippen molar-refractivity contribution in [2.24, 2.45) is 0 Å². The van der Waals surface area contributed by atoms with E-state index in [-0.39, 0.29) is 11.7 Å². The Morgan fingerprint density at radius 2 is 2.08 bits per heavy atom. The van der Waals surface area contributed by atoms with Crippen LogP contribution in [-0.4, -0.2) is 24.1 Å². The monoisotopic (exact) mass is 328 g/mol. The Hall–Kier alpha value is -2.56. The van der Waals surface area contributed by atoms with Gasteiger partial charge in [-0.2, -0.15) is 0 Å². The van der Waals surface area contributed by atoms with Gasteiger partial charge in [0.1, 0.15) is 11.6 Å². The second kappa shape index (κ2) is 6.91. The number of urea groups is 1. The Balaban J connectivity index is 1.72. The molecular formula is C19H21FN2O2. The van der Waals surface area contributed by atoms with Gasteiger partial charge in [0.2, 0.25) is 0 Å². The average Bonchev–Trinajstić information content (AvgIpc) is 2.57. The minimum Gasteiger partial charge on any atom is -0.494 e. The van der Waals surface area contributed by atoms with Crippen LogP contribution in [0.15, 0.2) is 36.4 Å². The molecule has 2 aromatic rings. The van der Waals surface area contributed by atoms with Gasteiger partial charge in [0.05, 0.1) is 12.3 Å². The topological polar surface area (TPSA) is 41.6 Å². The van der Waals surface area contributed by atoms with Crippen LogP contribution < -0.4 is 10.1 Å². The lowest BCUT2D eigenvalue weighted by Crippen LogP contribution is -2.39. The van der Waals surface area contributed by atoms with E-state index in [4.69, 9.17) is 4.74 Å². The van der Waals surface area contributed by atoms with Crippen LogP contribution in [0.2, 0.25) is 0 Å².